The van der Waals surface area contributed by atoms with Crippen LogP contribution in [-0.2, 0) is 30.1 Å². The fraction of sp³-hybridized carbons (Fsp3) is 0.567. The second kappa shape index (κ2) is 14.2. The first-order valence-corrected chi connectivity index (χ1v) is 14.7. The van der Waals surface area contributed by atoms with Crippen molar-refractivity contribution in [1.82, 2.24) is 25.5 Å². The number of benzene rings is 1. The second-order valence-corrected chi connectivity index (χ2v) is 11.8. The molecular weight excluding hydrogens is 537 g/mol. The Kier molecular flexibility index (Phi) is 10.7. The predicted molar refractivity (Wildman–Crippen MR) is 157 cm³/mol. The summed E-state index contributed by atoms with van der Waals surface area (Å²) in [6.07, 6.45) is 6.62. The molecule has 2 saturated heterocycles. The molecule has 3 amide bonds. The van der Waals surface area contributed by atoms with Crippen molar-refractivity contribution in [3.05, 3.63) is 60.2 Å². The Hall–Kier alpha value is -3.35. The Labute approximate surface area is 248 Å². The third-order valence-corrected chi connectivity index (χ3v) is 8.18. The summed E-state index contributed by atoms with van der Waals surface area (Å²) in [5, 5.41) is 5.87. The molecule has 0 aliphatic carbocycles. The summed E-state index contributed by atoms with van der Waals surface area (Å²) in [5.74, 6) is -1.52. The van der Waals surface area contributed by atoms with Crippen molar-refractivity contribution in [1.29, 1.82) is 0 Å². The molecule has 12 heteroatoms. The molecule has 226 valence electrons. The topological polar surface area (TPSA) is 132 Å². The van der Waals surface area contributed by atoms with Gasteiger partial charge in [-0.3, -0.25) is 19.4 Å². The van der Waals surface area contributed by atoms with E-state index in [2.05, 4.69) is 32.7 Å². The lowest BCUT2D eigenvalue weighted by Gasteiger charge is -2.32. The summed E-state index contributed by atoms with van der Waals surface area (Å²) < 4.78 is 18.0. The van der Waals surface area contributed by atoms with E-state index in [1.54, 1.807) is 4.90 Å². The Balaban J connectivity index is 1.48. The molecule has 11 nitrogen and oxygen atoms in total. The van der Waals surface area contributed by atoms with E-state index >= 15 is 0 Å². The molecule has 2 aromatic rings. The van der Waals surface area contributed by atoms with Crippen LogP contribution in [-0.4, -0.2) is 89.2 Å². The van der Waals surface area contributed by atoms with Crippen LogP contribution in [0.1, 0.15) is 69.4 Å². The van der Waals surface area contributed by atoms with Gasteiger partial charge >= 0.3 is 7.12 Å². The molecular formula is C30H42BN5O6. The first-order valence-electron chi connectivity index (χ1n) is 14.7. The van der Waals surface area contributed by atoms with Crippen LogP contribution in [0.3, 0.4) is 0 Å². The monoisotopic (exact) mass is 579 g/mol. The van der Waals surface area contributed by atoms with Gasteiger partial charge in [0.15, 0.2) is 0 Å². The van der Waals surface area contributed by atoms with Crippen LogP contribution in [0.5, 0.6) is 0 Å². The van der Waals surface area contributed by atoms with Crippen LogP contribution in [0.15, 0.2) is 48.9 Å². The summed E-state index contributed by atoms with van der Waals surface area (Å²) in [5.41, 5.74) is 0.126. The predicted octanol–water partition coefficient (Wildman–Crippen LogP) is 2.35. The normalized spacial score (nSPS) is 19.1. The van der Waals surface area contributed by atoms with E-state index in [-0.39, 0.29) is 24.4 Å². The summed E-state index contributed by atoms with van der Waals surface area (Å²) in [6.45, 7) is 9.86. The van der Waals surface area contributed by atoms with Crippen LogP contribution in [0.4, 0.5) is 0 Å². The zero-order valence-electron chi connectivity index (χ0n) is 25.0. The highest BCUT2D eigenvalue weighted by Gasteiger charge is 2.54. The number of amides is 3. The number of aromatic nitrogens is 2. The van der Waals surface area contributed by atoms with Crippen molar-refractivity contribution in [2.45, 2.75) is 83.0 Å². The molecule has 2 atom stereocenters. The standard InChI is InChI=1S/C30H42BN5O6/c1-29(2)30(3,4)42-31(41-29)25(12-8-11-22-9-6-5-7-10-22)35-27(38)23(34-28(39)24-21-32-15-16-33-24)13-14-26(37)36-17-19-40-20-18-36/h5-7,9-10,15-16,21,23,25H,8,11-14,17-20H2,1-4H3,(H,34,39)(H,35,38)/t23-,25+/m1/s1. The van der Waals surface area contributed by atoms with E-state index in [0.717, 1.165) is 12.8 Å². The molecule has 2 fully saturated rings. The average molecular weight is 580 g/mol. The SMILES string of the molecule is CC1(C)OB([C@H](CCCc2ccccc2)NC(=O)[C@@H](CCC(=O)N2CCOCC2)NC(=O)c2cnccn2)OC1(C)C. The molecule has 2 N–H and O–H groups in total. The third-order valence-electron chi connectivity index (χ3n) is 8.18. The zero-order chi connectivity index (χ0) is 30.2. The maximum atomic E-state index is 13.8. The van der Waals surface area contributed by atoms with Crippen molar-refractivity contribution in [2.75, 3.05) is 26.3 Å². The van der Waals surface area contributed by atoms with Crippen LogP contribution in [0, 0.1) is 0 Å². The molecule has 1 aromatic carbocycles. The molecule has 0 bridgehead atoms. The summed E-state index contributed by atoms with van der Waals surface area (Å²) >= 11 is 0. The number of aryl methyl sites for hydroxylation is 1. The molecule has 42 heavy (non-hydrogen) atoms. The summed E-state index contributed by atoms with van der Waals surface area (Å²) in [4.78, 5) is 49.4. The summed E-state index contributed by atoms with van der Waals surface area (Å²) in [7, 11) is -0.680. The van der Waals surface area contributed by atoms with Crippen LogP contribution in [0.2, 0.25) is 0 Å². The number of nitrogens with one attached hydrogen (secondary N) is 2. The van der Waals surface area contributed by atoms with E-state index < -0.39 is 42.1 Å². The van der Waals surface area contributed by atoms with Crippen LogP contribution >= 0.6 is 0 Å². The van der Waals surface area contributed by atoms with Crippen molar-refractivity contribution in [3.63, 3.8) is 0 Å². The fourth-order valence-corrected chi connectivity index (χ4v) is 4.94. The summed E-state index contributed by atoms with van der Waals surface area (Å²) in [6, 6.07) is 9.16. The highest BCUT2D eigenvalue weighted by Crippen LogP contribution is 2.38. The van der Waals surface area contributed by atoms with Gasteiger partial charge in [-0.15, -0.1) is 0 Å². The third kappa shape index (κ3) is 8.36. The lowest BCUT2D eigenvalue weighted by atomic mass is 9.75. The molecule has 1 aromatic heterocycles. The van der Waals surface area contributed by atoms with E-state index in [1.165, 1.54) is 24.2 Å². The van der Waals surface area contributed by atoms with Gasteiger partial charge in [-0.25, -0.2) is 4.98 Å². The Morgan fingerprint density at radius 1 is 0.976 bits per heavy atom. The van der Waals surface area contributed by atoms with Gasteiger partial charge in [0.1, 0.15) is 11.7 Å². The van der Waals surface area contributed by atoms with Gasteiger partial charge < -0.3 is 29.6 Å². The number of hydrogen-bond donors (Lipinski definition) is 2. The maximum absolute atomic E-state index is 13.8. The minimum absolute atomic E-state index is 0.0835. The number of hydrogen-bond acceptors (Lipinski definition) is 8. The Bertz CT molecular complexity index is 1180. The highest BCUT2D eigenvalue weighted by atomic mass is 16.7. The van der Waals surface area contributed by atoms with Crippen molar-refractivity contribution >= 4 is 24.8 Å². The van der Waals surface area contributed by atoms with Gasteiger partial charge in [0, 0.05) is 31.9 Å². The average Bonchev–Trinajstić information content (AvgIpc) is 3.21. The number of nitrogens with zero attached hydrogens (tertiary/aromatic N) is 3. The largest absolute Gasteiger partial charge is 0.481 e. The number of rotatable bonds is 12. The minimum Gasteiger partial charge on any atom is -0.402 e. The molecule has 0 saturated carbocycles. The molecule has 2 aliphatic rings. The highest BCUT2D eigenvalue weighted by molar-refractivity contribution is 6.48. The van der Waals surface area contributed by atoms with Crippen LogP contribution in [0.25, 0.3) is 0 Å². The lowest BCUT2D eigenvalue weighted by Crippen LogP contribution is -2.55. The van der Waals surface area contributed by atoms with E-state index in [4.69, 9.17) is 14.0 Å². The molecule has 0 radical (unpaired) electrons. The minimum atomic E-state index is -0.983. The molecule has 0 spiro atoms. The Morgan fingerprint density at radius 2 is 1.67 bits per heavy atom. The van der Waals surface area contributed by atoms with Crippen molar-refractivity contribution < 1.29 is 28.4 Å². The number of carbonyl (C=O) groups excluding carboxylic acids is 3. The first-order chi connectivity index (χ1) is 20.1. The van der Waals surface area contributed by atoms with Crippen molar-refractivity contribution in [2.24, 2.45) is 0 Å². The van der Waals surface area contributed by atoms with E-state index in [9.17, 15) is 14.4 Å². The smallest absolute Gasteiger partial charge is 0.402 e. The molecule has 0 unspecified atom stereocenters. The number of carbonyl (C=O) groups is 3. The molecule has 3 heterocycles. The van der Waals surface area contributed by atoms with E-state index in [1.807, 2.05) is 45.9 Å². The van der Waals surface area contributed by atoms with Gasteiger partial charge in [-0.05, 0) is 58.9 Å². The number of ether oxygens (including phenoxy) is 1. The van der Waals surface area contributed by atoms with Gasteiger partial charge in [0.05, 0.1) is 36.6 Å². The number of morpholine rings is 1. The van der Waals surface area contributed by atoms with Gasteiger partial charge in [-0.2, -0.15) is 0 Å². The van der Waals surface area contributed by atoms with Crippen molar-refractivity contribution in [3.8, 4) is 0 Å². The molecule has 2 aliphatic heterocycles. The fourth-order valence-electron chi connectivity index (χ4n) is 4.94. The van der Waals surface area contributed by atoms with E-state index in [0.29, 0.717) is 32.7 Å². The zero-order valence-corrected chi connectivity index (χ0v) is 25.0. The quantitative estimate of drug-likeness (QED) is 0.367. The second-order valence-electron chi connectivity index (χ2n) is 11.8. The van der Waals surface area contributed by atoms with Crippen LogP contribution < -0.4 is 10.6 Å². The maximum Gasteiger partial charge on any atom is 0.481 e. The Morgan fingerprint density at radius 3 is 2.31 bits per heavy atom. The first kappa shape index (κ1) is 31.6. The lowest BCUT2D eigenvalue weighted by molar-refractivity contribution is -0.135. The van der Waals surface area contributed by atoms with Gasteiger partial charge in [-0.1, -0.05) is 30.3 Å². The van der Waals surface area contributed by atoms with Gasteiger partial charge in [0.2, 0.25) is 11.8 Å². The van der Waals surface area contributed by atoms with Gasteiger partial charge in [0.25, 0.3) is 5.91 Å². The molecule has 4 rings (SSSR count).